The number of anilines is 1. The van der Waals surface area contributed by atoms with Crippen molar-refractivity contribution in [2.45, 2.75) is 13.5 Å². The van der Waals surface area contributed by atoms with Crippen LogP contribution in [0.1, 0.15) is 17.4 Å². The van der Waals surface area contributed by atoms with Crippen LogP contribution in [0.4, 0.5) is 5.82 Å². The Hall–Kier alpha value is -2.41. The van der Waals surface area contributed by atoms with Crippen LogP contribution in [-0.4, -0.2) is 47.2 Å². The highest BCUT2D eigenvalue weighted by Crippen LogP contribution is 2.22. The van der Waals surface area contributed by atoms with Gasteiger partial charge in [0.25, 0.3) is 5.56 Å². The van der Waals surface area contributed by atoms with Crippen molar-refractivity contribution in [1.82, 2.24) is 14.5 Å². The molecule has 0 aliphatic carbocycles. The Morgan fingerprint density at radius 2 is 1.90 bits per heavy atom. The molecule has 0 amide bonds. The quantitative estimate of drug-likeness (QED) is 0.575. The molecule has 0 bridgehead atoms. The number of piperazine rings is 1. The van der Waals surface area contributed by atoms with E-state index in [0.717, 1.165) is 41.9 Å². The molecule has 0 saturated carbocycles. The second-order valence-corrected chi connectivity index (χ2v) is 9.35. The largest absolute Gasteiger partial charge is 0.349 e. The number of thiophene rings is 1. The summed E-state index contributed by atoms with van der Waals surface area (Å²) in [5.74, 6) is 0.538. The molecule has 5 nitrogen and oxygen atoms in total. The first kappa shape index (κ1) is 20.8. The van der Waals surface area contributed by atoms with E-state index < -0.39 is 0 Å². The number of benzene rings is 1. The van der Waals surface area contributed by atoms with Crippen LogP contribution >= 0.6 is 22.9 Å². The summed E-state index contributed by atoms with van der Waals surface area (Å²) in [4.78, 5) is 22.9. The maximum Gasteiger partial charge on any atom is 0.293 e. The van der Waals surface area contributed by atoms with Gasteiger partial charge in [0.1, 0.15) is 0 Å². The standard InChI is InChI=1S/C23H25ClN4OS/c1-18(15-19-5-3-2-4-6-19)16-26-11-13-27(14-12-26)22-23(29)28(10-9-25-22)17-20-7-8-21(24)30-20/h2-10,15H,11-14,16-17H2,1H3. The minimum absolute atomic E-state index is 0.0457. The predicted octanol–water partition coefficient (Wildman–Crippen LogP) is 4.23. The lowest BCUT2D eigenvalue weighted by molar-refractivity contribution is 0.278. The van der Waals surface area contributed by atoms with Gasteiger partial charge in [0.15, 0.2) is 5.82 Å². The van der Waals surface area contributed by atoms with E-state index in [2.05, 4.69) is 52.0 Å². The van der Waals surface area contributed by atoms with Gasteiger partial charge in [0, 0.05) is 50.0 Å². The number of nitrogens with zero attached hydrogens (tertiary/aromatic N) is 4. The minimum Gasteiger partial charge on any atom is -0.349 e. The van der Waals surface area contributed by atoms with E-state index in [9.17, 15) is 4.79 Å². The van der Waals surface area contributed by atoms with Crippen molar-refractivity contribution in [3.05, 3.63) is 85.6 Å². The Kier molecular flexibility index (Phi) is 6.67. The summed E-state index contributed by atoms with van der Waals surface area (Å²) in [5, 5.41) is 0. The zero-order valence-corrected chi connectivity index (χ0v) is 18.6. The third-order valence-electron chi connectivity index (χ3n) is 5.21. The molecule has 156 valence electrons. The van der Waals surface area contributed by atoms with Gasteiger partial charge in [-0.1, -0.05) is 53.6 Å². The molecule has 3 heterocycles. The number of rotatable bonds is 6. The van der Waals surface area contributed by atoms with Gasteiger partial charge >= 0.3 is 0 Å². The summed E-state index contributed by atoms with van der Waals surface area (Å²) in [7, 11) is 0. The van der Waals surface area contributed by atoms with Crippen molar-refractivity contribution in [2.24, 2.45) is 0 Å². The van der Waals surface area contributed by atoms with Crippen LogP contribution in [0.25, 0.3) is 6.08 Å². The van der Waals surface area contributed by atoms with Gasteiger partial charge in [0.2, 0.25) is 0 Å². The third-order valence-corrected chi connectivity index (χ3v) is 6.42. The molecule has 3 aromatic rings. The SMILES string of the molecule is CC(=Cc1ccccc1)CN1CCN(c2nccn(Cc3ccc(Cl)s3)c2=O)CC1. The van der Waals surface area contributed by atoms with E-state index >= 15 is 0 Å². The summed E-state index contributed by atoms with van der Waals surface area (Å²) >= 11 is 7.52. The Labute approximate surface area is 185 Å². The first-order valence-corrected chi connectivity index (χ1v) is 11.3. The van der Waals surface area contributed by atoms with Gasteiger partial charge in [-0.15, -0.1) is 11.3 Å². The van der Waals surface area contributed by atoms with Gasteiger partial charge in [-0.25, -0.2) is 4.98 Å². The molecule has 1 aliphatic rings. The van der Waals surface area contributed by atoms with Gasteiger partial charge in [-0.05, 0) is 24.6 Å². The van der Waals surface area contributed by atoms with Crippen molar-refractivity contribution in [1.29, 1.82) is 0 Å². The third kappa shape index (κ3) is 5.19. The first-order valence-electron chi connectivity index (χ1n) is 10.1. The summed E-state index contributed by atoms with van der Waals surface area (Å²) < 4.78 is 2.45. The molecule has 0 radical (unpaired) electrons. The van der Waals surface area contributed by atoms with E-state index in [0.29, 0.717) is 12.4 Å². The van der Waals surface area contributed by atoms with Gasteiger partial charge in [-0.2, -0.15) is 0 Å². The van der Waals surface area contributed by atoms with Crippen molar-refractivity contribution in [2.75, 3.05) is 37.6 Å². The number of hydrogen-bond acceptors (Lipinski definition) is 5. The van der Waals surface area contributed by atoms with Crippen molar-refractivity contribution < 1.29 is 0 Å². The van der Waals surface area contributed by atoms with Gasteiger partial charge in [0.05, 0.1) is 10.9 Å². The monoisotopic (exact) mass is 440 g/mol. The fourth-order valence-electron chi connectivity index (χ4n) is 3.73. The Morgan fingerprint density at radius 1 is 1.13 bits per heavy atom. The molecule has 1 fully saturated rings. The molecule has 1 aliphatic heterocycles. The number of halogens is 1. The van der Waals surface area contributed by atoms with Crippen LogP contribution in [0, 0.1) is 0 Å². The van der Waals surface area contributed by atoms with E-state index in [1.54, 1.807) is 17.0 Å². The minimum atomic E-state index is -0.0457. The topological polar surface area (TPSA) is 41.4 Å². The van der Waals surface area contributed by atoms with E-state index in [-0.39, 0.29) is 5.56 Å². The van der Waals surface area contributed by atoms with Gasteiger partial charge < -0.3 is 9.47 Å². The lowest BCUT2D eigenvalue weighted by Crippen LogP contribution is -2.49. The Balaban J connectivity index is 1.37. The molecule has 7 heteroatoms. The summed E-state index contributed by atoms with van der Waals surface area (Å²) in [5.41, 5.74) is 2.52. The molecular weight excluding hydrogens is 416 g/mol. The molecule has 0 N–H and O–H groups in total. The second kappa shape index (κ2) is 9.60. The zero-order valence-electron chi connectivity index (χ0n) is 17.0. The molecule has 30 heavy (non-hydrogen) atoms. The highest BCUT2D eigenvalue weighted by Gasteiger charge is 2.21. The van der Waals surface area contributed by atoms with Crippen LogP contribution in [0.2, 0.25) is 4.34 Å². The molecule has 1 aromatic carbocycles. The maximum atomic E-state index is 12.9. The molecule has 0 unspecified atom stereocenters. The summed E-state index contributed by atoms with van der Waals surface area (Å²) in [6, 6.07) is 14.2. The van der Waals surface area contributed by atoms with Crippen LogP contribution < -0.4 is 10.5 Å². The second-order valence-electron chi connectivity index (χ2n) is 7.55. The smallest absolute Gasteiger partial charge is 0.293 e. The van der Waals surface area contributed by atoms with Crippen molar-refractivity contribution in [3.8, 4) is 0 Å². The summed E-state index contributed by atoms with van der Waals surface area (Å²) in [6.45, 7) is 7.07. The van der Waals surface area contributed by atoms with Gasteiger partial charge in [-0.3, -0.25) is 9.69 Å². The molecule has 0 atom stereocenters. The highest BCUT2D eigenvalue weighted by molar-refractivity contribution is 7.16. The number of hydrogen-bond donors (Lipinski definition) is 0. The van der Waals surface area contributed by atoms with E-state index in [1.807, 2.05) is 18.2 Å². The van der Waals surface area contributed by atoms with Crippen LogP contribution in [0.5, 0.6) is 0 Å². The molecule has 1 saturated heterocycles. The van der Waals surface area contributed by atoms with E-state index in [1.165, 1.54) is 22.5 Å². The predicted molar refractivity (Wildman–Crippen MR) is 126 cm³/mol. The van der Waals surface area contributed by atoms with Crippen LogP contribution in [0.15, 0.2) is 65.2 Å². The molecule has 0 spiro atoms. The van der Waals surface area contributed by atoms with Crippen LogP contribution in [0.3, 0.4) is 0 Å². The average molecular weight is 441 g/mol. The van der Waals surface area contributed by atoms with E-state index in [4.69, 9.17) is 11.6 Å². The van der Waals surface area contributed by atoms with Crippen LogP contribution in [-0.2, 0) is 6.54 Å². The molecule has 4 rings (SSSR count). The fraction of sp³-hybridized carbons (Fsp3) is 0.304. The molecular formula is C23H25ClN4OS. The average Bonchev–Trinajstić information content (AvgIpc) is 3.16. The lowest BCUT2D eigenvalue weighted by atomic mass is 10.1. The first-order chi connectivity index (χ1) is 14.6. The zero-order chi connectivity index (χ0) is 20.9. The Bertz CT molecular complexity index is 1070. The summed E-state index contributed by atoms with van der Waals surface area (Å²) in [6.07, 6.45) is 5.69. The fourth-order valence-corrected chi connectivity index (χ4v) is 4.82. The normalized spacial score (nSPS) is 15.5. The lowest BCUT2D eigenvalue weighted by Gasteiger charge is -2.35. The van der Waals surface area contributed by atoms with Crippen molar-refractivity contribution in [3.63, 3.8) is 0 Å². The number of aromatic nitrogens is 2. The Morgan fingerprint density at radius 3 is 2.60 bits per heavy atom. The van der Waals surface area contributed by atoms with Crippen molar-refractivity contribution >= 4 is 34.8 Å². The maximum absolute atomic E-state index is 12.9. The highest BCUT2D eigenvalue weighted by atomic mass is 35.5. The molecule has 2 aromatic heterocycles.